The molecule has 0 saturated carbocycles. The largest absolute Gasteiger partial charge is 0.508 e. The lowest BCUT2D eigenvalue weighted by molar-refractivity contribution is 0.0923. The Labute approximate surface area is 142 Å². The van der Waals surface area contributed by atoms with Gasteiger partial charge in [-0.25, -0.2) is 12.7 Å². The molecule has 1 saturated heterocycles. The number of hydrogen-bond acceptors (Lipinski definition) is 5. The number of nitrogens with zero attached hydrogens (tertiary/aromatic N) is 1. The van der Waals surface area contributed by atoms with Crippen LogP contribution in [0.1, 0.15) is 43.0 Å². The Hall–Kier alpha value is -1.80. The minimum Gasteiger partial charge on any atom is -0.508 e. The molecule has 1 aromatic rings. The van der Waals surface area contributed by atoms with Crippen LogP contribution < -0.4 is 5.32 Å². The first-order valence-corrected chi connectivity index (χ1v) is 9.74. The zero-order chi connectivity index (χ0) is 17.7. The number of aromatic hydroxyl groups is 2. The van der Waals surface area contributed by atoms with Crippen molar-refractivity contribution in [3.05, 3.63) is 23.8 Å². The van der Waals surface area contributed by atoms with Crippen LogP contribution in [0.15, 0.2) is 18.2 Å². The van der Waals surface area contributed by atoms with Gasteiger partial charge >= 0.3 is 0 Å². The molecule has 134 valence electrons. The number of piperidine rings is 1. The van der Waals surface area contributed by atoms with Gasteiger partial charge in [-0.2, -0.15) is 0 Å². The Morgan fingerprint density at radius 1 is 1.21 bits per heavy atom. The molecule has 24 heavy (non-hydrogen) atoms. The van der Waals surface area contributed by atoms with Gasteiger partial charge in [-0.1, -0.05) is 13.3 Å². The molecule has 1 fully saturated rings. The van der Waals surface area contributed by atoms with Crippen molar-refractivity contribution in [1.82, 2.24) is 9.62 Å². The molecule has 0 atom stereocenters. The van der Waals surface area contributed by atoms with Crippen LogP contribution in [0.2, 0.25) is 0 Å². The number of unbranched alkanes of at least 4 members (excludes halogenated alkanes) is 1. The monoisotopic (exact) mass is 356 g/mol. The lowest BCUT2D eigenvalue weighted by atomic mass is 10.1. The van der Waals surface area contributed by atoms with E-state index in [2.05, 4.69) is 5.32 Å². The lowest BCUT2D eigenvalue weighted by Crippen LogP contribution is -2.47. The molecule has 1 aliphatic rings. The predicted molar refractivity (Wildman–Crippen MR) is 90.5 cm³/mol. The van der Waals surface area contributed by atoms with Gasteiger partial charge in [0.15, 0.2) is 0 Å². The molecule has 1 aliphatic heterocycles. The van der Waals surface area contributed by atoms with Crippen LogP contribution in [0.3, 0.4) is 0 Å². The molecule has 8 heteroatoms. The summed E-state index contributed by atoms with van der Waals surface area (Å²) in [5.74, 6) is -0.592. The van der Waals surface area contributed by atoms with Crippen LogP contribution in [0, 0.1) is 0 Å². The highest BCUT2D eigenvalue weighted by molar-refractivity contribution is 7.89. The van der Waals surface area contributed by atoms with Crippen molar-refractivity contribution in [3.63, 3.8) is 0 Å². The Balaban J connectivity index is 1.90. The van der Waals surface area contributed by atoms with Gasteiger partial charge in [0.05, 0.1) is 5.75 Å². The van der Waals surface area contributed by atoms with Gasteiger partial charge in [-0.15, -0.1) is 0 Å². The minimum absolute atomic E-state index is 0.125. The smallest absolute Gasteiger partial charge is 0.251 e. The zero-order valence-electron chi connectivity index (χ0n) is 13.7. The highest BCUT2D eigenvalue weighted by Gasteiger charge is 2.28. The van der Waals surface area contributed by atoms with Crippen LogP contribution in [-0.4, -0.2) is 53.7 Å². The first-order chi connectivity index (χ1) is 11.3. The molecule has 1 amide bonds. The van der Waals surface area contributed by atoms with Crippen molar-refractivity contribution in [2.45, 2.75) is 38.6 Å². The molecule has 0 radical (unpaired) electrons. The summed E-state index contributed by atoms with van der Waals surface area (Å²) in [6.07, 6.45) is 2.58. The second-order valence-corrected chi connectivity index (χ2v) is 8.14. The molecule has 0 bridgehead atoms. The fraction of sp³-hybridized carbons (Fsp3) is 0.562. The molecule has 7 nitrogen and oxygen atoms in total. The van der Waals surface area contributed by atoms with E-state index < -0.39 is 15.9 Å². The highest BCUT2D eigenvalue weighted by atomic mass is 32.2. The van der Waals surface area contributed by atoms with Crippen molar-refractivity contribution < 1.29 is 23.4 Å². The summed E-state index contributed by atoms with van der Waals surface area (Å²) in [7, 11) is -3.21. The van der Waals surface area contributed by atoms with Crippen LogP contribution in [0.5, 0.6) is 11.5 Å². The Bertz CT molecular complexity index is 661. The molecule has 0 spiro atoms. The summed E-state index contributed by atoms with van der Waals surface area (Å²) in [4.78, 5) is 12.2. The van der Waals surface area contributed by atoms with Gasteiger partial charge in [0.2, 0.25) is 10.0 Å². The number of hydrogen-bond donors (Lipinski definition) is 3. The second kappa shape index (κ2) is 7.85. The van der Waals surface area contributed by atoms with Crippen molar-refractivity contribution >= 4 is 15.9 Å². The van der Waals surface area contributed by atoms with E-state index in [1.54, 1.807) is 0 Å². The summed E-state index contributed by atoms with van der Waals surface area (Å²) >= 11 is 0. The third kappa shape index (κ3) is 4.85. The van der Waals surface area contributed by atoms with E-state index in [1.807, 2.05) is 6.92 Å². The molecule has 1 aromatic carbocycles. The van der Waals surface area contributed by atoms with Crippen LogP contribution in [-0.2, 0) is 10.0 Å². The second-order valence-electron chi connectivity index (χ2n) is 6.05. The first kappa shape index (κ1) is 18.5. The summed E-state index contributed by atoms with van der Waals surface area (Å²) in [6, 6.07) is 3.58. The number of carbonyl (C=O) groups is 1. The number of benzene rings is 1. The van der Waals surface area contributed by atoms with Crippen molar-refractivity contribution in [3.8, 4) is 11.5 Å². The molecule has 0 aliphatic carbocycles. The zero-order valence-corrected chi connectivity index (χ0v) is 14.6. The molecule has 2 rings (SSSR count). The fourth-order valence-electron chi connectivity index (χ4n) is 2.73. The SMILES string of the molecule is CCCCS(=O)(=O)N1CCC(NC(=O)c2cc(O)cc(O)c2)CC1. The van der Waals surface area contributed by atoms with E-state index in [1.165, 1.54) is 16.4 Å². The number of nitrogens with one attached hydrogen (secondary N) is 1. The lowest BCUT2D eigenvalue weighted by Gasteiger charge is -2.31. The van der Waals surface area contributed by atoms with Gasteiger partial charge in [-0.3, -0.25) is 4.79 Å². The highest BCUT2D eigenvalue weighted by Crippen LogP contribution is 2.21. The average Bonchev–Trinajstić information content (AvgIpc) is 2.52. The molecule has 3 N–H and O–H groups in total. The Morgan fingerprint density at radius 3 is 2.33 bits per heavy atom. The van der Waals surface area contributed by atoms with E-state index in [0.29, 0.717) is 32.4 Å². The van der Waals surface area contributed by atoms with E-state index in [9.17, 15) is 23.4 Å². The summed E-state index contributed by atoms with van der Waals surface area (Å²) in [5, 5.41) is 21.7. The fourth-order valence-corrected chi connectivity index (χ4v) is 4.41. The topological polar surface area (TPSA) is 107 Å². The Morgan fingerprint density at radius 2 is 1.79 bits per heavy atom. The molecule has 0 aromatic heterocycles. The quantitative estimate of drug-likeness (QED) is 0.715. The van der Waals surface area contributed by atoms with Crippen molar-refractivity contribution in [1.29, 1.82) is 0 Å². The number of carbonyl (C=O) groups excluding carboxylic acids is 1. The minimum atomic E-state index is -3.21. The summed E-state index contributed by atoms with van der Waals surface area (Å²) < 4.78 is 25.8. The van der Waals surface area contributed by atoms with E-state index in [0.717, 1.165) is 12.5 Å². The normalized spacial score (nSPS) is 16.9. The molecular formula is C16H24N2O5S. The maximum atomic E-state index is 12.2. The van der Waals surface area contributed by atoms with Gasteiger partial charge < -0.3 is 15.5 Å². The third-order valence-corrected chi connectivity index (χ3v) is 6.06. The standard InChI is InChI=1S/C16H24N2O5S/c1-2-3-8-24(22,23)18-6-4-13(5-7-18)17-16(21)12-9-14(19)11-15(20)10-12/h9-11,13,19-20H,2-8H2,1H3,(H,17,21). The number of rotatable bonds is 6. The third-order valence-electron chi connectivity index (χ3n) is 4.10. The first-order valence-electron chi connectivity index (χ1n) is 8.13. The van der Waals surface area contributed by atoms with Gasteiger partial charge in [-0.05, 0) is 31.4 Å². The number of sulfonamides is 1. The summed E-state index contributed by atoms with van der Waals surface area (Å²) in [5.41, 5.74) is 0.172. The van der Waals surface area contributed by atoms with Crippen LogP contribution >= 0.6 is 0 Å². The van der Waals surface area contributed by atoms with Crippen LogP contribution in [0.25, 0.3) is 0 Å². The van der Waals surface area contributed by atoms with Gasteiger partial charge in [0, 0.05) is 30.8 Å². The van der Waals surface area contributed by atoms with Crippen LogP contribution in [0.4, 0.5) is 0 Å². The van der Waals surface area contributed by atoms with E-state index in [4.69, 9.17) is 0 Å². The average molecular weight is 356 g/mol. The van der Waals surface area contributed by atoms with Crippen molar-refractivity contribution in [2.24, 2.45) is 0 Å². The predicted octanol–water partition coefficient (Wildman–Crippen LogP) is 1.42. The van der Waals surface area contributed by atoms with Gasteiger partial charge in [0.1, 0.15) is 11.5 Å². The molecule has 0 unspecified atom stereocenters. The maximum Gasteiger partial charge on any atom is 0.251 e. The van der Waals surface area contributed by atoms with Gasteiger partial charge in [0.25, 0.3) is 5.91 Å². The van der Waals surface area contributed by atoms with E-state index >= 15 is 0 Å². The summed E-state index contributed by atoms with van der Waals surface area (Å²) in [6.45, 7) is 2.74. The molecule has 1 heterocycles. The maximum absolute atomic E-state index is 12.2. The van der Waals surface area contributed by atoms with Crippen molar-refractivity contribution in [2.75, 3.05) is 18.8 Å². The number of phenolic OH excluding ortho intramolecular Hbond substituents is 2. The molecular weight excluding hydrogens is 332 g/mol. The number of amides is 1. The number of phenols is 2. The Kier molecular flexibility index (Phi) is 6.06. The van der Waals surface area contributed by atoms with E-state index in [-0.39, 0.29) is 28.9 Å².